The molecule has 0 heterocycles. The molecule has 120 valence electrons. The Hall–Kier alpha value is -0.780. The molecule has 4 unspecified atom stereocenters. The van der Waals surface area contributed by atoms with E-state index in [1.807, 2.05) is 0 Å². The Kier molecular flexibility index (Phi) is 6.97. The van der Waals surface area contributed by atoms with E-state index in [1.54, 1.807) is 5.57 Å². The Balaban J connectivity index is 3.11. The maximum absolute atomic E-state index is 4.25. The molecule has 0 aromatic heterocycles. The molecule has 21 heavy (non-hydrogen) atoms. The van der Waals surface area contributed by atoms with Crippen LogP contribution in [0.25, 0.3) is 0 Å². The zero-order valence-electron chi connectivity index (χ0n) is 15.0. The summed E-state index contributed by atoms with van der Waals surface area (Å²) in [6.45, 7) is 20.0. The van der Waals surface area contributed by atoms with Crippen LogP contribution in [0.4, 0.5) is 0 Å². The Labute approximate surface area is 133 Å². The smallest absolute Gasteiger partial charge is 0.0117 e. The van der Waals surface area contributed by atoms with E-state index in [0.29, 0.717) is 5.92 Å². The highest BCUT2D eigenvalue weighted by Gasteiger charge is 2.46. The van der Waals surface area contributed by atoms with Gasteiger partial charge in [0.2, 0.25) is 0 Å². The average molecular weight is 289 g/mol. The first-order valence-electron chi connectivity index (χ1n) is 8.89. The molecule has 0 aliphatic heterocycles. The molecule has 1 saturated carbocycles. The minimum absolute atomic E-state index is 0.229. The molecule has 0 nitrogen and oxygen atoms in total. The lowest BCUT2D eigenvalue weighted by Gasteiger charge is -2.37. The molecule has 1 aliphatic carbocycles. The second-order valence-electron chi connectivity index (χ2n) is 7.33. The third kappa shape index (κ3) is 3.71. The molecule has 4 atom stereocenters. The van der Waals surface area contributed by atoms with Gasteiger partial charge in [0.1, 0.15) is 0 Å². The Morgan fingerprint density at radius 2 is 1.90 bits per heavy atom. The lowest BCUT2D eigenvalue weighted by Crippen LogP contribution is -2.28. The highest BCUT2D eigenvalue weighted by molar-refractivity contribution is 5.30. The maximum Gasteiger partial charge on any atom is 0.0117 e. The summed E-state index contributed by atoms with van der Waals surface area (Å²) in [6.07, 6.45) is 12.9. The molecular weight excluding hydrogens is 252 g/mol. The van der Waals surface area contributed by atoms with Crippen LogP contribution in [0.1, 0.15) is 66.7 Å². The van der Waals surface area contributed by atoms with Crippen LogP contribution in [0.3, 0.4) is 0 Å². The Morgan fingerprint density at radius 1 is 1.24 bits per heavy atom. The average Bonchev–Trinajstić information content (AvgIpc) is 2.84. The molecule has 0 N–H and O–H groups in total. The SMILES string of the molecule is C=CCCC(C)C1(C=C)CCC(C(C)C(C)C)C1=CCC. The van der Waals surface area contributed by atoms with Crippen molar-refractivity contribution in [1.29, 1.82) is 0 Å². The number of rotatable bonds is 8. The largest absolute Gasteiger partial charge is 0.103 e. The summed E-state index contributed by atoms with van der Waals surface area (Å²) in [5, 5.41) is 0. The van der Waals surface area contributed by atoms with Gasteiger partial charge < -0.3 is 0 Å². The summed E-state index contributed by atoms with van der Waals surface area (Å²) in [5.41, 5.74) is 1.92. The molecule has 0 bridgehead atoms. The van der Waals surface area contributed by atoms with Crippen LogP contribution < -0.4 is 0 Å². The van der Waals surface area contributed by atoms with Gasteiger partial charge >= 0.3 is 0 Å². The molecular formula is C21H36. The predicted molar refractivity (Wildman–Crippen MR) is 96.3 cm³/mol. The topological polar surface area (TPSA) is 0 Å². The van der Waals surface area contributed by atoms with Gasteiger partial charge in [0.25, 0.3) is 0 Å². The maximum atomic E-state index is 4.25. The lowest BCUT2D eigenvalue weighted by atomic mass is 9.67. The van der Waals surface area contributed by atoms with Gasteiger partial charge in [-0.25, -0.2) is 0 Å². The molecule has 0 radical (unpaired) electrons. The first kappa shape index (κ1) is 18.3. The van der Waals surface area contributed by atoms with Crippen LogP contribution in [-0.4, -0.2) is 0 Å². The van der Waals surface area contributed by atoms with E-state index in [1.165, 1.54) is 19.3 Å². The van der Waals surface area contributed by atoms with Crippen molar-refractivity contribution >= 4 is 0 Å². The van der Waals surface area contributed by atoms with Gasteiger partial charge in [0.05, 0.1) is 0 Å². The summed E-state index contributed by atoms with van der Waals surface area (Å²) in [4.78, 5) is 0. The zero-order chi connectivity index (χ0) is 16.0. The van der Waals surface area contributed by atoms with Crippen molar-refractivity contribution in [2.45, 2.75) is 66.7 Å². The molecule has 1 aliphatic rings. The van der Waals surface area contributed by atoms with Crippen LogP contribution in [0, 0.1) is 29.1 Å². The third-order valence-corrected chi connectivity index (χ3v) is 5.96. The molecule has 0 saturated heterocycles. The summed E-state index contributed by atoms with van der Waals surface area (Å²) < 4.78 is 0. The molecule has 0 heteroatoms. The highest BCUT2D eigenvalue weighted by Crippen LogP contribution is 2.56. The summed E-state index contributed by atoms with van der Waals surface area (Å²) in [6, 6.07) is 0. The standard InChI is InChI=1S/C21H36/c1-8-11-13-17(6)21(10-3)15-14-19(18(7)16(4)5)20(21)12-9-2/h8,10,12,16-19H,1,3,9,11,13-15H2,2,4-7H3. The van der Waals surface area contributed by atoms with E-state index in [9.17, 15) is 0 Å². The number of allylic oxidation sites excluding steroid dienone is 4. The molecule has 0 spiro atoms. The zero-order valence-corrected chi connectivity index (χ0v) is 15.0. The summed E-state index contributed by atoms with van der Waals surface area (Å²) in [7, 11) is 0. The summed E-state index contributed by atoms with van der Waals surface area (Å²) in [5.74, 6) is 2.92. The van der Waals surface area contributed by atoms with Crippen molar-refractivity contribution in [2.24, 2.45) is 29.1 Å². The monoisotopic (exact) mass is 288 g/mol. The van der Waals surface area contributed by atoms with E-state index >= 15 is 0 Å². The molecule has 1 fully saturated rings. The van der Waals surface area contributed by atoms with E-state index in [4.69, 9.17) is 0 Å². The fourth-order valence-corrected chi connectivity index (χ4v) is 4.19. The van der Waals surface area contributed by atoms with Crippen molar-refractivity contribution in [3.8, 4) is 0 Å². The quantitative estimate of drug-likeness (QED) is 0.431. The van der Waals surface area contributed by atoms with Gasteiger partial charge in [-0.05, 0) is 55.8 Å². The van der Waals surface area contributed by atoms with Crippen LogP contribution in [-0.2, 0) is 0 Å². The first-order chi connectivity index (χ1) is 9.94. The Bertz CT molecular complexity index is 373. The predicted octanol–water partition coefficient (Wildman–Crippen LogP) is 6.80. The normalized spacial score (nSPS) is 30.6. The Morgan fingerprint density at radius 3 is 2.38 bits per heavy atom. The van der Waals surface area contributed by atoms with Gasteiger partial charge in [-0.1, -0.05) is 58.4 Å². The lowest BCUT2D eigenvalue weighted by molar-refractivity contribution is 0.282. The van der Waals surface area contributed by atoms with Crippen LogP contribution in [0.5, 0.6) is 0 Å². The van der Waals surface area contributed by atoms with Crippen LogP contribution >= 0.6 is 0 Å². The molecule has 0 amide bonds. The molecule has 0 aromatic rings. The van der Waals surface area contributed by atoms with Gasteiger partial charge in [-0.3, -0.25) is 0 Å². The van der Waals surface area contributed by atoms with Gasteiger partial charge in [0.15, 0.2) is 0 Å². The van der Waals surface area contributed by atoms with Gasteiger partial charge in [-0.15, -0.1) is 13.2 Å². The van der Waals surface area contributed by atoms with Gasteiger partial charge in [0, 0.05) is 5.41 Å². The number of hydrogen-bond acceptors (Lipinski definition) is 0. The minimum Gasteiger partial charge on any atom is -0.103 e. The van der Waals surface area contributed by atoms with E-state index in [2.05, 4.69) is 66.0 Å². The summed E-state index contributed by atoms with van der Waals surface area (Å²) >= 11 is 0. The highest BCUT2D eigenvalue weighted by atomic mass is 14.5. The van der Waals surface area contributed by atoms with Crippen LogP contribution in [0.2, 0.25) is 0 Å². The van der Waals surface area contributed by atoms with Crippen molar-refractivity contribution in [3.05, 3.63) is 37.0 Å². The van der Waals surface area contributed by atoms with E-state index < -0.39 is 0 Å². The van der Waals surface area contributed by atoms with E-state index in [-0.39, 0.29) is 5.41 Å². The fourth-order valence-electron chi connectivity index (χ4n) is 4.19. The van der Waals surface area contributed by atoms with Crippen LogP contribution in [0.15, 0.2) is 37.0 Å². The molecule has 0 aromatic carbocycles. The van der Waals surface area contributed by atoms with E-state index in [0.717, 1.165) is 30.6 Å². The van der Waals surface area contributed by atoms with Crippen molar-refractivity contribution in [3.63, 3.8) is 0 Å². The fraction of sp³-hybridized carbons (Fsp3) is 0.714. The minimum atomic E-state index is 0.229. The van der Waals surface area contributed by atoms with Crippen molar-refractivity contribution in [2.75, 3.05) is 0 Å². The van der Waals surface area contributed by atoms with Crippen molar-refractivity contribution in [1.82, 2.24) is 0 Å². The van der Waals surface area contributed by atoms with Gasteiger partial charge in [-0.2, -0.15) is 0 Å². The first-order valence-corrected chi connectivity index (χ1v) is 8.89. The number of hydrogen-bond donors (Lipinski definition) is 0. The van der Waals surface area contributed by atoms with Crippen molar-refractivity contribution < 1.29 is 0 Å². The second kappa shape index (κ2) is 8.01. The molecule has 1 rings (SSSR count). The third-order valence-electron chi connectivity index (χ3n) is 5.96. The second-order valence-corrected chi connectivity index (χ2v) is 7.33.